The molecule has 0 aliphatic carbocycles. The van der Waals surface area contributed by atoms with Crippen LogP contribution in [0.2, 0.25) is 0 Å². The number of carbonyl (C=O) groups excluding carboxylic acids is 1. The monoisotopic (exact) mass is 280 g/mol. The van der Waals surface area contributed by atoms with Crippen molar-refractivity contribution in [2.24, 2.45) is 5.92 Å². The highest BCUT2D eigenvalue weighted by Gasteiger charge is 2.25. The number of furan rings is 1. The topological polar surface area (TPSA) is 82.8 Å². The Labute approximate surface area is 117 Å². The maximum atomic E-state index is 11.8. The molecule has 6 heteroatoms. The lowest BCUT2D eigenvalue weighted by Gasteiger charge is -2.20. The highest BCUT2D eigenvalue weighted by Crippen LogP contribution is 2.17. The van der Waals surface area contributed by atoms with Crippen molar-refractivity contribution < 1.29 is 19.1 Å². The predicted molar refractivity (Wildman–Crippen MR) is 72.8 cm³/mol. The Morgan fingerprint density at radius 3 is 2.70 bits per heavy atom. The lowest BCUT2D eigenvalue weighted by molar-refractivity contribution is 0.0659. The maximum Gasteiger partial charge on any atom is 0.371 e. The number of hydrogen-bond acceptors (Lipinski definition) is 4. The molecule has 6 nitrogen and oxygen atoms in total. The molecule has 0 saturated carbocycles. The number of rotatable bonds is 5. The van der Waals surface area contributed by atoms with E-state index in [1.165, 1.54) is 12.1 Å². The molecule has 2 heterocycles. The molecule has 1 fully saturated rings. The van der Waals surface area contributed by atoms with Gasteiger partial charge in [0.1, 0.15) is 0 Å². The average Bonchev–Trinajstić information content (AvgIpc) is 3.05. The second kappa shape index (κ2) is 6.09. The minimum absolute atomic E-state index is 0.0427. The van der Waals surface area contributed by atoms with E-state index in [-0.39, 0.29) is 17.4 Å². The van der Waals surface area contributed by atoms with Crippen LogP contribution in [0.5, 0.6) is 0 Å². The molecule has 2 N–H and O–H groups in total. The van der Waals surface area contributed by atoms with Crippen LogP contribution in [-0.2, 0) is 0 Å². The molecule has 1 aliphatic rings. The summed E-state index contributed by atoms with van der Waals surface area (Å²) in [6.45, 7) is 6.96. The number of carbonyl (C=O) groups is 2. The lowest BCUT2D eigenvalue weighted by atomic mass is 10.1. The normalized spacial score (nSPS) is 19.4. The molecule has 2 rings (SSSR count). The summed E-state index contributed by atoms with van der Waals surface area (Å²) in [5, 5.41) is 11.5. The number of likely N-dealkylation sites (tertiary alicyclic amines) is 1. The summed E-state index contributed by atoms with van der Waals surface area (Å²) in [6.07, 6.45) is 1.07. The van der Waals surface area contributed by atoms with Crippen molar-refractivity contribution in [3.8, 4) is 0 Å². The van der Waals surface area contributed by atoms with E-state index in [0.29, 0.717) is 18.5 Å². The van der Waals surface area contributed by atoms with Crippen LogP contribution in [0.25, 0.3) is 0 Å². The largest absolute Gasteiger partial charge is 0.475 e. The predicted octanol–water partition coefficient (Wildman–Crippen LogP) is 1.44. The maximum absolute atomic E-state index is 11.8. The molecule has 1 aromatic heterocycles. The Bertz CT molecular complexity index is 495. The van der Waals surface area contributed by atoms with Gasteiger partial charge in [0.15, 0.2) is 5.76 Å². The summed E-state index contributed by atoms with van der Waals surface area (Å²) in [5.74, 6) is -1.27. The Morgan fingerprint density at radius 1 is 1.45 bits per heavy atom. The number of nitrogens with zero attached hydrogens (tertiary/aromatic N) is 1. The van der Waals surface area contributed by atoms with Crippen LogP contribution in [0.1, 0.15) is 41.4 Å². The van der Waals surface area contributed by atoms with Gasteiger partial charge in [0.2, 0.25) is 5.76 Å². The number of carboxylic acids is 1. The van der Waals surface area contributed by atoms with Crippen molar-refractivity contribution in [2.45, 2.75) is 26.3 Å². The van der Waals surface area contributed by atoms with Crippen molar-refractivity contribution in [2.75, 3.05) is 19.6 Å². The summed E-state index contributed by atoms with van der Waals surface area (Å²) in [6, 6.07) is 3.19. The van der Waals surface area contributed by atoms with Crippen molar-refractivity contribution in [1.82, 2.24) is 10.2 Å². The first-order valence-corrected chi connectivity index (χ1v) is 6.82. The standard InChI is InChI=1S/C14H20N2O4/c1-9(2)16-6-5-10(8-16)7-15-13(17)11-3-4-12(20-11)14(18)19/h3-4,9-10H,5-8H2,1-2H3,(H,15,17)(H,18,19). The van der Waals surface area contributed by atoms with Gasteiger partial charge in [0.05, 0.1) is 0 Å². The highest BCUT2D eigenvalue weighted by molar-refractivity contribution is 5.93. The van der Waals surface area contributed by atoms with Gasteiger partial charge < -0.3 is 19.7 Å². The summed E-state index contributed by atoms with van der Waals surface area (Å²) < 4.78 is 4.96. The van der Waals surface area contributed by atoms with E-state index < -0.39 is 5.97 Å². The molecule has 20 heavy (non-hydrogen) atoms. The van der Waals surface area contributed by atoms with E-state index in [1.807, 2.05) is 0 Å². The molecule has 110 valence electrons. The van der Waals surface area contributed by atoms with Gasteiger partial charge in [0.25, 0.3) is 5.91 Å². The van der Waals surface area contributed by atoms with Crippen molar-refractivity contribution in [1.29, 1.82) is 0 Å². The van der Waals surface area contributed by atoms with Crippen LogP contribution >= 0.6 is 0 Å². The first-order chi connectivity index (χ1) is 9.47. The Hall–Kier alpha value is -1.82. The third kappa shape index (κ3) is 3.39. The number of nitrogens with one attached hydrogen (secondary N) is 1. The van der Waals surface area contributed by atoms with Gasteiger partial charge in [-0.1, -0.05) is 0 Å². The molecule has 0 aromatic carbocycles. The molecule has 1 saturated heterocycles. The Morgan fingerprint density at radius 2 is 2.15 bits per heavy atom. The molecule has 0 radical (unpaired) electrons. The van der Waals surface area contributed by atoms with E-state index in [4.69, 9.17) is 9.52 Å². The van der Waals surface area contributed by atoms with Crippen LogP contribution in [-0.4, -0.2) is 47.6 Å². The molecule has 1 unspecified atom stereocenters. The fraction of sp³-hybridized carbons (Fsp3) is 0.571. The molecule has 1 aromatic rings. The molecular weight excluding hydrogens is 260 g/mol. The molecule has 1 atom stereocenters. The van der Waals surface area contributed by atoms with E-state index in [9.17, 15) is 9.59 Å². The number of amides is 1. The summed E-state index contributed by atoms with van der Waals surface area (Å²) in [5.41, 5.74) is 0. The number of aromatic carboxylic acids is 1. The lowest BCUT2D eigenvalue weighted by Crippen LogP contribution is -2.32. The summed E-state index contributed by atoms with van der Waals surface area (Å²) in [4.78, 5) is 24.9. The fourth-order valence-corrected chi connectivity index (χ4v) is 2.40. The third-order valence-corrected chi connectivity index (χ3v) is 3.64. The van der Waals surface area contributed by atoms with Gasteiger partial charge >= 0.3 is 5.97 Å². The second-order valence-electron chi connectivity index (χ2n) is 5.42. The first kappa shape index (κ1) is 14.6. The second-order valence-corrected chi connectivity index (χ2v) is 5.42. The third-order valence-electron chi connectivity index (χ3n) is 3.64. The fourth-order valence-electron chi connectivity index (χ4n) is 2.40. The summed E-state index contributed by atoms with van der Waals surface area (Å²) in [7, 11) is 0. The molecular formula is C14H20N2O4. The van der Waals surface area contributed by atoms with Crippen molar-refractivity contribution in [3.05, 3.63) is 23.7 Å². The quantitative estimate of drug-likeness (QED) is 0.852. The van der Waals surface area contributed by atoms with Gasteiger partial charge in [-0.2, -0.15) is 0 Å². The van der Waals surface area contributed by atoms with E-state index in [0.717, 1.165) is 19.5 Å². The number of hydrogen-bond donors (Lipinski definition) is 2. The highest BCUT2D eigenvalue weighted by atomic mass is 16.4. The molecule has 0 spiro atoms. The van der Waals surface area contributed by atoms with Crippen LogP contribution in [0, 0.1) is 5.92 Å². The van der Waals surface area contributed by atoms with Crippen molar-refractivity contribution >= 4 is 11.9 Å². The van der Waals surface area contributed by atoms with E-state index >= 15 is 0 Å². The average molecular weight is 280 g/mol. The van der Waals surface area contributed by atoms with Crippen LogP contribution in [0.15, 0.2) is 16.5 Å². The van der Waals surface area contributed by atoms with Gasteiger partial charge in [-0.25, -0.2) is 4.79 Å². The SMILES string of the molecule is CC(C)N1CCC(CNC(=O)c2ccc(C(=O)O)o2)C1. The molecule has 0 bridgehead atoms. The van der Waals surface area contributed by atoms with Gasteiger partial charge in [-0.05, 0) is 44.9 Å². The van der Waals surface area contributed by atoms with Gasteiger partial charge in [-0.3, -0.25) is 4.79 Å². The zero-order chi connectivity index (χ0) is 14.7. The van der Waals surface area contributed by atoms with Crippen LogP contribution in [0.3, 0.4) is 0 Å². The molecule has 1 amide bonds. The first-order valence-electron chi connectivity index (χ1n) is 6.82. The van der Waals surface area contributed by atoms with Gasteiger partial charge in [-0.15, -0.1) is 0 Å². The van der Waals surface area contributed by atoms with Gasteiger partial charge in [0, 0.05) is 19.1 Å². The zero-order valence-electron chi connectivity index (χ0n) is 11.8. The molecule has 1 aliphatic heterocycles. The zero-order valence-corrected chi connectivity index (χ0v) is 11.8. The smallest absolute Gasteiger partial charge is 0.371 e. The van der Waals surface area contributed by atoms with Crippen LogP contribution < -0.4 is 5.32 Å². The van der Waals surface area contributed by atoms with E-state index in [1.54, 1.807) is 0 Å². The Kier molecular flexibility index (Phi) is 4.44. The van der Waals surface area contributed by atoms with Crippen molar-refractivity contribution in [3.63, 3.8) is 0 Å². The summed E-state index contributed by atoms with van der Waals surface area (Å²) >= 11 is 0. The minimum atomic E-state index is -1.17. The number of carboxylic acid groups (broad SMARTS) is 1. The van der Waals surface area contributed by atoms with Crippen LogP contribution in [0.4, 0.5) is 0 Å². The van der Waals surface area contributed by atoms with E-state index in [2.05, 4.69) is 24.1 Å². The Balaban J connectivity index is 1.82. The minimum Gasteiger partial charge on any atom is -0.475 e.